The normalized spacial score (nSPS) is 14.3. The lowest BCUT2D eigenvalue weighted by Gasteiger charge is -2.27. The topological polar surface area (TPSA) is 151 Å². The van der Waals surface area contributed by atoms with Crippen molar-refractivity contribution in [1.82, 2.24) is 16.0 Å². The Morgan fingerprint density at radius 3 is 2.08 bits per heavy atom. The van der Waals surface area contributed by atoms with Gasteiger partial charge >= 0.3 is 5.97 Å². The highest BCUT2D eigenvalue weighted by molar-refractivity contribution is 5.93. The van der Waals surface area contributed by atoms with Crippen LogP contribution in [0.2, 0.25) is 0 Å². The van der Waals surface area contributed by atoms with Gasteiger partial charge in [0.05, 0.1) is 6.54 Å². The smallest absolute Gasteiger partial charge is 0.322 e. The molecular formula is C16H30N4O5. The molecule has 0 aromatic rings. The van der Waals surface area contributed by atoms with E-state index in [0.29, 0.717) is 12.8 Å². The predicted octanol–water partition coefficient (Wildman–Crippen LogP) is -0.792. The fraction of sp³-hybridized carbons (Fsp3) is 0.750. The molecular weight excluding hydrogens is 328 g/mol. The Kier molecular flexibility index (Phi) is 10.4. The fourth-order valence-electron chi connectivity index (χ4n) is 2.18. The van der Waals surface area contributed by atoms with Crippen LogP contribution in [0.4, 0.5) is 0 Å². The van der Waals surface area contributed by atoms with Gasteiger partial charge in [-0.25, -0.2) is 0 Å². The van der Waals surface area contributed by atoms with Crippen LogP contribution in [-0.2, 0) is 19.2 Å². The number of carbonyl (C=O) groups excluding carboxylic acids is 3. The lowest BCUT2D eigenvalue weighted by molar-refractivity contribution is -0.139. The van der Waals surface area contributed by atoms with Crippen molar-refractivity contribution in [2.75, 3.05) is 13.1 Å². The molecule has 144 valence electrons. The molecule has 0 bridgehead atoms. The molecule has 9 heteroatoms. The van der Waals surface area contributed by atoms with E-state index in [1.807, 2.05) is 20.8 Å². The van der Waals surface area contributed by atoms with Gasteiger partial charge < -0.3 is 26.8 Å². The Labute approximate surface area is 148 Å². The van der Waals surface area contributed by atoms with E-state index in [1.54, 1.807) is 6.92 Å². The Morgan fingerprint density at radius 1 is 1.04 bits per heavy atom. The highest BCUT2D eigenvalue weighted by Gasteiger charge is 2.30. The molecule has 9 nitrogen and oxygen atoms in total. The monoisotopic (exact) mass is 358 g/mol. The maximum Gasteiger partial charge on any atom is 0.322 e. The molecule has 0 fully saturated rings. The van der Waals surface area contributed by atoms with Crippen LogP contribution in [0.25, 0.3) is 0 Å². The Balaban J connectivity index is 5.13. The van der Waals surface area contributed by atoms with Crippen molar-refractivity contribution in [2.24, 2.45) is 17.6 Å². The van der Waals surface area contributed by atoms with Crippen LogP contribution in [0.15, 0.2) is 0 Å². The van der Waals surface area contributed by atoms with E-state index in [-0.39, 0.29) is 18.4 Å². The summed E-state index contributed by atoms with van der Waals surface area (Å²) in [4.78, 5) is 46.9. The minimum Gasteiger partial charge on any atom is -0.480 e. The summed E-state index contributed by atoms with van der Waals surface area (Å²) in [7, 11) is 0. The maximum absolute atomic E-state index is 12.5. The third-order valence-electron chi connectivity index (χ3n) is 3.75. The van der Waals surface area contributed by atoms with Gasteiger partial charge in [-0.3, -0.25) is 19.2 Å². The summed E-state index contributed by atoms with van der Waals surface area (Å²) in [5.74, 6) is -2.77. The first kappa shape index (κ1) is 22.8. The molecule has 0 aliphatic rings. The molecule has 0 heterocycles. The SMILES string of the molecule is CCC(C)C(NC(=O)C(CC(C)C)NC(=O)CN)C(=O)NCC(=O)O. The van der Waals surface area contributed by atoms with Gasteiger partial charge in [-0.15, -0.1) is 0 Å². The number of aliphatic carboxylic acids is 1. The molecule has 3 unspecified atom stereocenters. The van der Waals surface area contributed by atoms with Crippen molar-refractivity contribution in [3.63, 3.8) is 0 Å². The van der Waals surface area contributed by atoms with Crippen LogP contribution in [-0.4, -0.2) is 54.0 Å². The Morgan fingerprint density at radius 2 is 1.64 bits per heavy atom. The maximum atomic E-state index is 12.5. The molecule has 0 aromatic carbocycles. The number of amides is 3. The molecule has 0 saturated carbocycles. The van der Waals surface area contributed by atoms with E-state index >= 15 is 0 Å². The van der Waals surface area contributed by atoms with Gasteiger partial charge in [-0.05, 0) is 18.3 Å². The van der Waals surface area contributed by atoms with E-state index in [4.69, 9.17) is 10.8 Å². The van der Waals surface area contributed by atoms with Crippen LogP contribution in [0, 0.1) is 11.8 Å². The number of rotatable bonds is 11. The van der Waals surface area contributed by atoms with Gasteiger partial charge in [0.2, 0.25) is 17.7 Å². The lowest BCUT2D eigenvalue weighted by Crippen LogP contribution is -2.56. The van der Waals surface area contributed by atoms with Crippen LogP contribution in [0.1, 0.15) is 40.5 Å². The quantitative estimate of drug-likeness (QED) is 0.326. The molecule has 0 aliphatic heterocycles. The van der Waals surface area contributed by atoms with E-state index in [9.17, 15) is 19.2 Å². The van der Waals surface area contributed by atoms with Crippen molar-refractivity contribution < 1.29 is 24.3 Å². The average Bonchev–Trinajstić information content (AvgIpc) is 2.55. The minimum atomic E-state index is -1.17. The Hall–Kier alpha value is -2.16. The van der Waals surface area contributed by atoms with Crippen molar-refractivity contribution in [3.8, 4) is 0 Å². The van der Waals surface area contributed by atoms with Crippen LogP contribution in [0.5, 0.6) is 0 Å². The zero-order chi connectivity index (χ0) is 19.6. The Bertz CT molecular complexity index is 481. The summed E-state index contributed by atoms with van der Waals surface area (Å²) in [5.41, 5.74) is 5.27. The van der Waals surface area contributed by atoms with Crippen molar-refractivity contribution in [3.05, 3.63) is 0 Å². The zero-order valence-electron chi connectivity index (χ0n) is 15.3. The molecule has 0 aliphatic carbocycles. The second kappa shape index (κ2) is 11.4. The molecule has 0 radical (unpaired) electrons. The number of carbonyl (C=O) groups is 4. The third kappa shape index (κ3) is 9.04. The van der Waals surface area contributed by atoms with E-state index in [2.05, 4.69) is 16.0 Å². The number of carboxylic acid groups (broad SMARTS) is 1. The fourth-order valence-corrected chi connectivity index (χ4v) is 2.18. The van der Waals surface area contributed by atoms with Crippen molar-refractivity contribution in [1.29, 1.82) is 0 Å². The summed E-state index contributed by atoms with van der Waals surface area (Å²) < 4.78 is 0. The minimum absolute atomic E-state index is 0.136. The molecule has 3 atom stereocenters. The van der Waals surface area contributed by atoms with Gasteiger partial charge in [0.1, 0.15) is 18.6 Å². The summed E-state index contributed by atoms with van der Waals surface area (Å²) in [5, 5.41) is 16.1. The van der Waals surface area contributed by atoms with Crippen molar-refractivity contribution in [2.45, 2.75) is 52.6 Å². The predicted molar refractivity (Wildman–Crippen MR) is 92.5 cm³/mol. The second-order valence-corrected chi connectivity index (χ2v) is 6.44. The molecule has 0 saturated heterocycles. The van der Waals surface area contributed by atoms with Crippen LogP contribution in [0.3, 0.4) is 0 Å². The van der Waals surface area contributed by atoms with E-state index in [1.165, 1.54) is 0 Å². The van der Waals surface area contributed by atoms with Crippen LogP contribution >= 0.6 is 0 Å². The lowest BCUT2D eigenvalue weighted by atomic mass is 9.96. The van der Waals surface area contributed by atoms with E-state index < -0.39 is 42.3 Å². The van der Waals surface area contributed by atoms with Gasteiger partial charge in [0.15, 0.2) is 0 Å². The van der Waals surface area contributed by atoms with Gasteiger partial charge in [0, 0.05) is 0 Å². The zero-order valence-corrected chi connectivity index (χ0v) is 15.3. The first-order valence-corrected chi connectivity index (χ1v) is 8.41. The standard InChI is InChI=1S/C16H30N4O5/c1-5-10(4)14(16(25)18-8-13(22)23)20-15(24)11(6-9(2)3)19-12(21)7-17/h9-11,14H,5-8,17H2,1-4H3,(H,18,25)(H,19,21)(H,20,24)(H,22,23). The molecule has 6 N–H and O–H groups in total. The van der Waals surface area contributed by atoms with Crippen molar-refractivity contribution >= 4 is 23.7 Å². The average molecular weight is 358 g/mol. The summed E-state index contributed by atoms with van der Waals surface area (Å²) in [6.07, 6.45) is 0.997. The van der Waals surface area contributed by atoms with Gasteiger partial charge in [0.25, 0.3) is 0 Å². The second-order valence-electron chi connectivity index (χ2n) is 6.44. The molecule has 0 spiro atoms. The number of hydrogen-bond donors (Lipinski definition) is 5. The largest absolute Gasteiger partial charge is 0.480 e. The first-order valence-electron chi connectivity index (χ1n) is 8.41. The molecule has 0 rings (SSSR count). The molecule has 0 aromatic heterocycles. The molecule has 3 amide bonds. The summed E-state index contributed by atoms with van der Waals surface area (Å²) >= 11 is 0. The molecule has 25 heavy (non-hydrogen) atoms. The van der Waals surface area contributed by atoms with Gasteiger partial charge in [-0.1, -0.05) is 34.1 Å². The number of nitrogens with two attached hydrogens (primary N) is 1. The van der Waals surface area contributed by atoms with Gasteiger partial charge in [-0.2, -0.15) is 0 Å². The number of hydrogen-bond acceptors (Lipinski definition) is 5. The third-order valence-corrected chi connectivity index (χ3v) is 3.75. The summed E-state index contributed by atoms with van der Waals surface area (Å²) in [6, 6.07) is -1.70. The highest BCUT2D eigenvalue weighted by Crippen LogP contribution is 2.10. The van der Waals surface area contributed by atoms with E-state index in [0.717, 1.165) is 0 Å². The summed E-state index contributed by atoms with van der Waals surface area (Å²) in [6.45, 7) is 6.68. The van der Waals surface area contributed by atoms with Crippen LogP contribution < -0.4 is 21.7 Å². The highest BCUT2D eigenvalue weighted by atomic mass is 16.4. The number of carboxylic acids is 1. The first-order chi connectivity index (χ1) is 11.6. The number of nitrogens with one attached hydrogen (secondary N) is 3.